The molecule has 0 spiro atoms. The van der Waals surface area contributed by atoms with Crippen LogP contribution in [0.3, 0.4) is 0 Å². The maximum Gasteiger partial charge on any atom is 0.351 e. The van der Waals surface area contributed by atoms with E-state index in [0.717, 1.165) is 0 Å². The van der Waals surface area contributed by atoms with E-state index in [9.17, 15) is 14.7 Å². The average molecular weight is 332 g/mol. The van der Waals surface area contributed by atoms with E-state index in [0.29, 0.717) is 5.75 Å². The van der Waals surface area contributed by atoms with Gasteiger partial charge in [-0.3, -0.25) is 14.7 Å². The summed E-state index contributed by atoms with van der Waals surface area (Å²) in [6.07, 6.45) is 0. The molecule has 0 aliphatic carbocycles. The molecule has 0 radical (unpaired) electrons. The fraction of sp³-hybridized carbons (Fsp3) is 0.500. The van der Waals surface area contributed by atoms with E-state index in [4.69, 9.17) is 24.3 Å². The van der Waals surface area contributed by atoms with Gasteiger partial charge in [-0.2, -0.15) is 0 Å². The van der Waals surface area contributed by atoms with Crippen molar-refractivity contribution in [2.24, 2.45) is 5.73 Å². The molecule has 1 aliphatic rings. The van der Waals surface area contributed by atoms with E-state index in [1.165, 1.54) is 12.1 Å². The highest BCUT2D eigenvalue weighted by Crippen LogP contribution is 2.60. The van der Waals surface area contributed by atoms with Gasteiger partial charge in [0.05, 0.1) is 29.8 Å². The predicted molar refractivity (Wildman–Crippen MR) is 77.0 cm³/mol. The van der Waals surface area contributed by atoms with Crippen molar-refractivity contribution in [2.45, 2.75) is 19.6 Å². The van der Waals surface area contributed by atoms with Gasteiger partial charge in [0, 0.05) is 0 Å². The first kappa shape index (κ1) is 16.7. The minimum absolute atomic E-state index is 0.0134. The van der Waals surface area contributed by atoms with E-state index in [1.807, 2.05) is 0 Å². The minimum atomic E-state index is -3.75. The summed E-state index contributed by atoms with van der Waals surface area (Å²) < 4.78 is 33.3. The third kappa shape index (κ3) is 3.07. The van der Waals surface area contributed by atoms with Crippen molar-refractivity contribution in [3.8, 4) is 11.5 Å². The maximum atomic E-state index is 12.7. The molecule has 10 heteroatoms. The zero-order valence-electron chi connectivity index (χ0n) is 12.2. The Morgan fingerprint density at radius 2 is 1.86 bits per heavy atom. The van der Waals surface area contributed by atoms with Gasteiger partial charge in [-0.05, 0) is 19.9 Å². The van der Waals surface area contributed by atoms with Crippen LogP contribution in [0.1, 0.15) is 25.2 Å². The number of hydrogen-bond donors (Lipinski definition) is 1. The lowest BCUT2D eigenvalue weighted by Crippen LogP contribution is -2.16. The molecule has 1 aliphatic heterocycles. The van der Waals surface area contributed by atoms with Gasteiger partial charge in [0.15, 0.2) is 11.5 Å². The van der Waals surface area contributed by atoms with Gasteiger partial charge in [0.1, 0.15) is 5.78 Å². The maximum absolute atomic E-state index is 12.7. The summed E-state index contributed by atoms with van der Waals surface area (Å²) in [6, 6.07) is 2.54. The van der Waals surface area contributed by atoms with Crippen molar-refractivity contribution < 1.29 is 28.0 Å². The standard InChI is InChI=1S/C12H17N2O7P/c1-3-20-22(17,21-4-2)12(13)8-5-10-11(19-7-18-10)6-9(8)14(15)16/h5-6,12H,3-4,7,13H2,1-2H3/t12-/m0/s1. The zero-order valence-corrected chi connectivity index (χ0v) is 13.1. The van der Waals surface area contributed by atoms with Gasteiger partial charge in [0.25, 0.3) is 5.69 Å². The van der Waals surface area contributed by atoms with E-state index in [-0.39, 0.29) is 37.0 Å². The van der Waals surface area contributed by atoms with Crippen LogP contribution in [0.4, 0.5) is 5.69 Å². The third-order valence-electron chi connectivity index (χ3n) is 3.00. The van der Waals surface area contributed by atoms with Crippen molar-refractivity contribution in [3.63, 3.8) is 0 Å². The van der Waals surface area contributed by atoms with E-state index in [2.05, 4.69) is 0 Å². The molecule has 0 amide bonds. The SMILES string of the molecule is CCOP(=O)(OCC)[C@H](N)c1cc2c(cc1[N+](=O)[O-])OCO2. The van der Waals surface area contributed by atoms with Crippen LogP contribution in [0, 0.1) is 10.1 Å². The van der Waals surface area contributed by atoms with Crippen LogP contribution in [0.15, 0.2) is 12.1 Å². The molecule has 2 rings (SSSR count). The second-order valence-electron chi connectivity index (χ2n) is 4.34. The van der Waals surface area contributed by atoms with Crippen LogP contribution in [-0.2, 0) is 13.6 Å². The van der Waals surface area contributed by atoms with E-state index < -0.39 is 18.3 Å². The first-order chi connectivity index (χ1) is 10.4. The molecule has 0 unspecified atom stereocenters. The first-order valence-corrected chi connectivity index (χ1v) is 8.26. The number of nitrogens with two attached hydrogens (primary N) is 1. The Hall–Kier alpha value is -1.67. The second kappa shape index (κ2) is 6.62. The van der Waals surface area contributed by atoms with Crippen molar-refractivity contribution in [1.29, 1.82) is 0 Å². The summed E-state index contributed by atoms with van der Waals surface area (Å²) in [5.41, 5.74) is 5.66. The Kier molecular flexibility index (Phi) is 5.02. The van der Waals surface area contributed by atoms with Gasteiger partial charge in [-0.25, -0.2) is 0 Å². The quantitative estimate of drug-likeness (QED) is 0.459. The summed E-state index contributed by atoms with van der Waals surface area (Å²) in [4.78, 5) is 10.6. The lowest BCUT2D eigenvalue weighted by atomic mass is 10.1. The van der Waals surface area contributed by atoms with Gasteiger partial charge >= 0.3 is 7.60 Å². The van der Waals surface area contributed by atoms with E-state index in [1.54, 1.807) is 13.8 Å². The third-order valence-corrected chi connectivity index (χ3v) is 5.19. The van der Waals surface area contributed by atoms with Gasteiger partial charge in [-0.15, -0.1) is 0 Å². The van der Waals surface area contributed by atoms with Crippen molar-refractivity contribution in [3.05, 3.63) is 27.8 Å². The molecular weight excluding hydrogens is 315 g/mol. The smallest absolute Gasteiger partial charge is 0.351 e. The number of benzene rings is 1. The number of nitro benzene ring substituents is 1. The highest BCUT2D eigenvalue weighted by atomic mass is 31.2. The number of rotatable bonds is 7. The fourth-order valence-electron chi connectivity index (χ4n) is 2.07. The highest BCUT2D eigenvalue weighted by Gasteiger charge is 2.39. The number of fused-ring (bicyclic) bond motifs is 1. The summed E-state index contributed by atoms with van der Waals surface area (Å²) in [5, 5.41) is 11.3. The van der Waals surface area contributed by atoms with Crippen LogP contribution in [-0.4, -0.2) is 24.9 Å². The molecule has 0 aromatic heterocycles. The molecule has 122 valence electrons. The predicted octanol–water partition coefficient (Wildman–Crippen LogP) is 2.55. The molecule has 1 heterocycles. The molecule has 9 nitrogen and oxygen atoms in total. The van der Waals surface area contributed by atoms with Crippen molar-refractivity contribution in [2.75, 3.05) is 20.0 Å². The van der Waals surface area contributed by atoms with Gasteiger partial charge < -0.3 is 24.3 Å². The van der Waals surface area contributed by atoms with Gasteiger partial charge in [-0.1, -0.05) is 0 Å². The minimum Gasteiger partial charge on any atom is -0.454 e. The summed E-state index contributed by atoms with van der Waals surface area (Å²) in [7, 11) is -3.75. The summed E-state index contributed by atoms with van der Waals surface area (Å²) in [6.45, 7) is 3.42. The lowest BCUT2D eigenvalue weighted by molar-refractivity contribution is -0.385. The number of nitrogens with zero attached hydrogens (tertiary/aromatic N) is 1. The van der Waals surface area contributed by atoms with Crippen molar-refractivity contribution >= 4 is 13.3 Å². The Balaban J connectivity index is 2.49. The molecule has 1 aromatic carbocycles. The summed E-state index contributed by atoms with van der Waals surface area (Å²) >= 11 is 0. The number of nitro groups is 1. The van der Waals surface area contributed by atoms with Crippen molar-refractivity contribution in [1.82, 2.24) is 0 Å². The van der Waals surface area contributed by atoms with Crippen LogP contribution < -0.4 is 15.2 Å². The molecule has 0 fully saturated rings. The molecule has 0 saturated carbocycles. The monoisotopic (exact) mass is 332 g/mol. The average Bonchev–Trinajstić information content (AvgIpc) is 2.92. The molecule has 1 aromatic rings. The Morgan fingerprint density at radius 3 is 2.36 bits per heavy atom. The molecule has 2 N–H and O–H groups in total. The Morgan fingerprint density at radius 1 is 1.32 bits per heavy atom. The Bertz CT molecular complexity index is 612. The van der Waals surface area contributed by atoms with Crippen LogP contribution in [0.5, 0.6) is 11.5 Å². The van der Waals surface area contributed by atoms with Crippen LogP contribution >= 0.6 is 7.60 Å². The molecule has 0 saturated heterocycles. The lowest BCUT2D eigenvalue weighted by Gasteiger charge is -2.23. The first-order valence-electron chi connectivity index (χ1n) is 6.65. The number of hydrogen-bond acceptors (Lipinski definition) is 8. The zero-order chi connectivity index (χ0) is 16.3. The fourth-order valence-corrected chi connectivity index (χ4v) is 3.73. The largest absolute Gasteiger partial charge is 0.454 e. The molecule has 1 atom stereocenters. The van der Waals surface area contributed by atoms with Crippen LogP contribution in [0.25, 0.3) is 0 Å². The molecule has 22 heavy (non-hydrogen) atoms. The Labute approximate surface area is 127 Å². The molecule has 0 bridgehead atoms. The normalized spacial score (nSPS) is 14.9. The highest BCUT2D eigenvalue weighted by molar-refractivity contribution is 7.54. The van der Waals surface area contributed by atoms with E-state index >= 15 is 0 Å². The van der Waals surface area contributed by atoms with Gasteiger partial charge in [0.2, 0.25) is 6.79 Å². The topological polar surface area (TPSA) is 123 Å². The summed E-state index contributed by atoms with van der Waals surface area (Å²) in [5.74, 6) is -0.761. The second-order valence-corrected chi connectivity index (χ2v) is 6.49. The molecular formula is C12H17N2O7P. The van der Waals surface area contributed by atoms with Crippen LogP contribution in [0.2, 0.25) is 0 Å². The number of ether oxygens (including phenoxy) is 2.